The molecule has 0 N–H and O–H groups in total. The normalized spacial score (nSPS) is 12.8. The fourth-order valence-electron chi connectivity index (χ4n) is 3.39. The highest BCUT2D eigenvalue weighted by Gasteiger charge is 2.21. The molecule has 1 aliphatic carbocycles. The number of rotatable bonds is 5. The largest absolute Gasteiger partial charge is 0.305 e. The molecule has 0 spiro atoms. The molecule has 0 saturated heterocycles. The summed E-state index contributed by atoms with van der Waals surface area (Å²) in [4.78, 5) is 4.60. The Hall–Kier alpha value is -1.64. The van der Waals surface area contributed by atoms with Crippen molar-refractivity contribution >= 4 is 0 Å². The minimum Gasteiger partial charge on any atom is -0.305 e. The summed E-state index contributed by atoms with van der Waals surface area (Å²) in [5.41, 5.74) is 8.76. The third kappa shape index (κ3) is 2.94. The van der Waals surface area contributed by atoms with Crippen LogP contribution >= 0.6 is 0 Å². The Balaban J connectivity index is 1.98. The van der Waals surface area contributed by atoms with Gasteiger partial charge in [-0.1, -0.05) is 43.3 Å². The second-order valence-electron chi connectivity index (χ2n) is 6.69. The van der Waals surface area contributed by atoms with Gasteiger partial charge in [-0.05, 0) is 67.5 Å². The van der Waals surface area contributed by atoms with E-state index in [0.29, 0.717) is 0 Å². The summed E-state index contributed by atoms with van der Waals surface area (Å²) in [7, 11) is 6.44. The van der Waals surface area contributed by atoms with Crippen LogP contribution in [0.5, 0.6) is 0 Å². The van der Waals surface area contributed by atoms with Crippen LogP contribution in [0.2, 0.25) is 0 Å². The molecular formula is C20H26N2. The van der Waals surface area contributed by atoms with E-state index in [-0.39, 0.29) is 0 Å². The minimum absolute atomic E-state index is 1.01. The smallest absolute Gasteiger partial charge is 0.0236 e. The van der Waals surface area contributed by atoms with E-state index in [1.54, 1.807) is 0 Å². The lowest BCUT2D eigenvalue weighted by Gasteiger charge is -2.17. The van der Waals surface area contributed by atoms with Crippen LogP contribution in [0.1, 0.15) is 29.2 Å². The molecule has 22 heavy (non-hydrogen) atoms. The van der Waals surface area contributed by atoms with Crippen LogP contribution in [-0.4, -0.2) is 37.5 Å². The van der Waals surface area contributed by atoms with Gasteiger partial charge in [-0.15, -0.1) is 0 Å². The second-order valence-corrected chi connectivity index (χ2v) is 6.69. The van der Waals surface area contributed by atoms with Crippen LogP contribution in [-0.2, 0) is 19.5 Å². The van der Waals surface area contributed by atoms with Gasteiger partial charge in [0.2, 0.25) is 0 Å². The topological polar surface area (TPSA) is 6.48 Å². The summed E-state index contributed by atoms with van der Waals surface area (Å²) < 4.78 is 0. The number of fused-ring (bicyclic) bond motifs is 3. The van der Waals surface area contributed by atoms with E-state index >= 15 is 0 Å². The molecule has 0 saturated carbocycles. The van der Waals surface area contributed by atoms with Gasteiger partial charge in [0.1, 0.15) is 0 Å². The third-order valence-corrected chi connectivity index (χ3v) is 4.54. The zero-order chi connectivity index (χ0) is 15.7. The van der Waals surface area contributed by atoms with Gasteiger partial charge in [0, 0.05) is 13.1 Å². The first-order chi connectivity index (χ1) is 10.6. The Morgan fingerprint density at radius 3 is 2.50 bits per heavy atom. The first-order valence-electron chi connectivity index (χ1n) is 8.14. The molecule has 1 aliphatic rings. The van der Waals surface area contributed by atoms with Gasteiger partial charge >= 0.3 is 0 Å². The Kier molecular flexibility index (Phi) is 4.32. The lowest BCUT2D eigenvalue weighted by Crippen LogP contribution is -2.17. The van der Waals surface area contributed by atoms with E-state index < -0.39 is 0 Å². The average Bonchev–Trinajstić information content (AvgIpc) is 2.84. The summed E-state index contributed by atoms with van der Waals surface area (Å²) in [5.74, 6) is 0. The maximum absolute atomic E-state index is 2.39. The Morgan fingerprint density at radius 1 is 0.955 bits per heavy atom. The maximum Gasteiger partial charge on any atom is 0.0236 e. The van der Waals surface area contributed by atoms with Crippen molar-refractivity contribution in [1.29, 1.82) is 0 Å². The van der Waals surface area contributed by atoms with Gasteiger partial charge in [0.05, 0.1) is 0 Å². The molecule has 2 aromatic rings. The zero-order valence-corrected chi connectivity index (χ0v) is 14.2. The molecule has 0 radical (unpaired) electrons. The number of nitrogens with zero attached hydrogens (tertiary/aromatic N) is 2. The quantitative estimate of drug-likeness (QED) is 0.707. The number of hydrogen-bond acceptors (Lipinski definition) is 2. The summed E-state index contributed by atoms with van der Waals surface area (Å²) >= 11 is 0. The van der Waals surface area contributed by atoms with Gasteiger partial charge in [-0.3, -0.25) is 0 Å². The van der Waals surface area contributed by atoms with Crippen molar-refractivity contribution in [3.63, 3.8) is 0 Å². The highest BCUT2D eigenvalue weighted by molar-refractivity contribution is 5.79. The first-order valence-corrected chi connectivity index (χ1v) is 8.14. The summed E-state index contributed by atoms with van der Waals surface area (Å²) in [6.45, 7) is 5.33. The van der Waals surface area contributed by atoms with E-state index in [2.05, 4.69) is 74.3 Å². The molecule has 0 fully saturated rings. The monoisotopic (exact) mass is 294 g/mol. The molecule has 0 aromatic heterocycles. The molecule has 3 rings (SSSR count). The fraction of sp³-hybridized carbons (Fsp3) is 0.400. The van der Waals surface area contributed by atoms with Crippen LogP contribution in [0.25, 0.3) is 11.1 Å². The molecule has 116 valence electrons. The molecule has 0 amide bonds. The van der Waals surface area contributed by atoms with Crippen LogP contribution in [0, 0.1) is 0 Å². The Morgan fingerprint density at radius 2 is 1.77 bits per heavy atom. The van der Waals surface area contributed by atoms with Gasteiger partial charge in [-0.2, -0.15) is 0 Å². The zero-order valence-electron chi connectivity index (χ0n) is 14.2. The van der Waals surface area contributed by atoms with Crippen LogP contribution in [0.15, 0.2) is 36.4 Å². The van der Waals surface area contributed by atoms with Crippen molar-refractivity contribution in [2.75, 3.05) is 27.7 Å². The van der Waals surface area contributed by atoms with Crippen molar-refractivity contribution in [3.05, 3.63) is 58.7 Å². The van der Waals surface area contributed by atoms with Crippen LogP contribution in [0.4, 0.5) is 0 Å². The fourth-order valence-corrected chi connectivity index (χ4v) is 3.39. The predicted molar refractivity (Wildman–Crippen MR) is 94.1 cm³/mol. The standard InChI is InChI=1S/C20H26N2/c1-5-22(4)14-17-8-6-7-16-12-18-11-15(13-21(2)3)9-10-19(18)20(16)17/h6-11H,5,12-14H2,1-4H3. The van der Waals surface area contributed by atoms with Crippen molar-refractivity contribution in [2.45, 2.75) is 26.4 Å². The SMILES string of the molecule is CCN(C)Cc1cccc2c1-c1ccc(CN(C)C)cc1C2. The molecule has 0 aliphatic heterocycles. The van der Waals surface area contributed by atoms with E-state index in [0.717, 1.165) is 26.1 Å². The van der Waals surface area contributed by atoms with Crippen molar-refractivity contribution in [1.82, 2.24) is 9.80 Å². The number of hydrogen-bond donors (Lipinski definition) is 0. The van der Waals surface area contributed by atoms with Gasteiger partial charge in [0.15, 0.2) is 0 Å². The summed E-state index contributed by atoms with van der Waals surface area (Å²) in [6.07, 6.45) is 1.08. The van der Waals surface area contributed by atoms with Gasteiger partial charge in [0.25, 0.3) is 0 Å². The highest BCUT2D eigenvalue weighted by atomic mass is 15.1. The molecule has 0 heterocycles. The van der Waals surface area contributed by atoms with E-state index in [9.17, 15) is 0 Å². The number of benzene rings is 2. The van der Waals surface area contributed by atoms with Crippen molar-refractivity contribution in [2.24, 2.45) is 0 Å². The highest BCUT2D eigenvalue weighted by Crippen LogP contribution is 2.39. The molecular weight excluding hydrogens is 268 g/mol. The molecule has 2 heteroatoms. The summed E-state index contributed by atoms with van der Waals surface area (Å²) in [6, 6.07) is 13.8. The Bertz CT molecular complexity index is 673. The molecule has 0 atom stereocenters. The van der Waals surface area contributed by atoms with Crippen LogP contribution < -0.4 is 0 Å². The van der Waals surface area contributed by atoms with E-state index in [4.69, 9.17) is 0 Å². The third-order valence-electron chi connectivity index (χ3n) is 4.54. The lowest BCUT2D eigenvalue weighted by molar-refractivity contribution is 0.346. The maximum atomic E-state index is 2.39. The average molecular weight is 294 g/mol. The van der Waals surface area contributed by atoms with E-state index in [1.807, 2.05) is 0 Å². The van der Waals surface area contributed by atoms with Crippen LogP contribution in [0.3, 0.4) is 0 Å². The molecule has 2 aromatic carbocycles. The second kappa shape index (κ2) is 6.23. The Labute approximate surface area is 134 Å². The molecule has 0 unspecified atom stereocenters. The van der Waals surface area contributed by atoms with Crippen molar-refractivity contribution in [3.8, 4) is 11.1 Å². The molecule has 2 nitrogen and oxygen atoms in total. The lowest BCUT2D eigenvalue weighted by atomic mass is 9.98. The minimum atomic E-state index is 1.01. The molecule has 0 bridgehead atoms. The van der Waals surface area contributed by atoms with Gasteiger partial charge in [-0.25, -0.2) is 0 Å². The van der Waals surface area contributed by atoms with Crippen molar-refractivity contribution < 1.29 is 0 Å². The predicted octanol–water partition coefficient (Wildman–Crippen LogP) is 3.77. The first kappa shape index (κ1) is 15.3. The van der Waals surface area contributed by atoms with Gasteiger partial charge < -0.3 is 9.80 Å². The summed E-state index contributed by atoms with van der Waals surface area (Å²) in [5, 5.41) is 0. The van der Waals surface area contributed by atoms with E-state index in [1.165, 1.54) is 33.4 Å².